The molecule has 0 amide bonds. The third kappa shape index (κ3) is 6.56. The molecular formula is C23H29F3N4O3. The van der Waals surface area contributed by atoms with E-state index in [9.17, 15) is 13.2 Å². The van der Waals surface area contributed by atoms with Gasteiger partial charge in [0.15, 0.2) is 6.61 Å². The molecule has 0 fully saturated rings. The fourth-order valence-electron chi connectivity index (χ4n) is 3.27. The van der Waals surface area contributed by atoms with Gasteiger partial charge in [0.2, 0.25) is 0 Å². The minimum atomic E-state index is -4.42. The number of rotatable bonds is 9. The summed E-state index contributed by atoms with van der Waals surface area (Å²) in [5.41, 5.74) is 2.30. The van der Waals surface area contributed by atoms with E-state index < -0.39 is 18.2 Å². The Hall–Kier alpha value is -2.88. The minimum Gasteiger partial charge on any atom is -0.484 e. The molecule has 0 aliphatic heterocycles. The molecule has 0 atom stereocenters. The van der Waals surface area contributed by atoms with Crippen LogP contribution in [0.5, 0.6) is 5.75 Å². The molecule has 2 heterocycles. The van der Waals surface area contributed by atoms with E-state index in [1.54, 1.807) is 18.2 Å². The third-order valence-corrected chi connectivity index (χ3v) is 4.82. The van der Waals surface area contributed by atoms with Gasteiger partial charge in [0.25, 0.3) is 5.89 Å². The topological polar surface area (TPSA) is 82.3 Å². The minimum absolute atomic E-state index is 0.150. The number of nitrogens with zero attached hydrogens (tertiary/aromatic N) is 3. The number of nitrogens with one attached hydrogen (secondary N) is 1. The number of benzene rings is 1. The Bertz CT molecular complexity index is 1090. The van der Waals surface area contributed by atoms with Gasteiger partial charge in [-0.1, -0.05) is 32.8 Å². The summed E-state index contributed by atoms with van der Waals surface area (Å²) in [6, 6.07) is 5.22. The van der Waals surface area contributed by atoms with Crippen molar-refractivity contribution >= 4 is 16.9 Å². The average Bonchev–Trinajstić information content (AvgIpc) is 3.19. The number of halogens is 3. The van der Waals surface area contributed by atoms with Crippen LogP contribution in [0.4, 0.5) is 19.2 Å². The van der Waals surface area contributed by atoms with Crippen LogP contribution in [-0.4, -0.2) is 47.7 Å². The molecule has 0 radical (unpaired) electrons. The number of pyridine rings is 1. The number of fused-ring (bicyclic) bond motifs is 1. The lowest BCUT2D eigenvalue weighted by Gasteiger charge is -2.23. The molecular weight excluding hydrogens is 437 g/mol. The molecule has 1 N–H and O–H groups in total. The van der Waals surface area contributed by atoms with Crippen molar-refractivity contribution in [1.82, 2.24) is 15.2 Å². The summed E-state index contributed by atoms with van der Waals surface area (Å²) in [5, 5.41) is 11.8. The van der Waals surface area contributed by atoms with Crippen LogP contribution in [0.3, 0.4) is 0 Å². The van der Waals surface area contributed by atoms with Gasteiger partial charge in [0.05, 0.1) is 12.1 Å². The summed E-state index contributed by atoms with van der Waals surface area (Å²) in [6.07, 6.45) is -3.47. The second-order valence-electron chi connectivity index (χ2n) is 8.80. The third-order valence-electron chi connectivity index (χ3n) is 4.82. The molecule has 0 aliphatic carbocycles. The summed E-state index contributed by atoms with van der Waals surface area (Å²) in [6.45, 7) is 10.2. The Morgan fingerprint density at radius 1 is 1.06 bits per heavy atom. The molecule has 3 rings (SSSR count). The maximum atomic E-state index is 12.7. The van der Waals surface area contributed by atoms with Crippen molar-refractivity contribution in [3.63, 3.8) is 0 Å². The number of hydrogen-bond acceptors (Lipinski definition) is 7. The van der Waals surface area contributed by atoms with Crippen molar-refractivity contribution in [2.45, 2.75) is 52.6 Å². The van der Waals surface area contributed by atoms with Gasteiger partial charge in [0.1, 0.15) is 11.4 Å². The first-order chi connectivity index (χ1) is 15.5. The van der Waals surface area contributed by atoms with Crippen molar-refractivity contribution in [3.8, 4) is 17.3 Å². The Morgan fingerprint density at radius 3 is 2.48 bits per heavy atom. The number of hydrogen-bond donors (Lipinski definition) is 1. The Labute approximate surface area is 190 Å². The lowest BCUT2D eigenvalue weighted by Crippen LogP contribution is -2.20. The molecule has 0 aliphatic rings. The van der Waals surface area contributed by atoms with Gasteiger partial charge in [0, 0.05) is 18.5 Å². The molecule has 180 valence electrons. The van der Waals surface area contributed by atoms with Crippen LogP contribution in [0.25, 0.3) is 22.5 Å². The number of aryl methyl sites for hydroxylation is 1. The molecule has 0 saturated carbocycles. The summed E-state index contributed by atoms with van der Waals surface area (Å²) in [7, 11) is 0. The Kier molecular flexibility index (Phi) is 7.46. The largest absolute Gasteiger partial charge is 0.484 e. The first-order valence-corrected chi connectivity index (χ1v) is 10.8. The van der Waals surface area contributed by atoms with Gasteiger partial charge in [-0.3, -0.25) is 0 Å². The summed E-state index contributed by atoms with van der Waals surface area (Å²) in [4.78, 5) is 4.73. The van der Waals surface area contributed by atoms with E-state index in [0.29, 0.717) is 36.4 Å². The summed E-state index contributed by atoms with van der Waals surface area (Å²) < 4.78 is 54.2. The first kappa shape index (κ1) is 24.8. The highest BCUT2D eigenvalue weighted by Crippen LogP contribution is 2.36. The molecule has 2 aromatic heterocycles. The molecule has 1 aromatic carbocycles. The van der Waals surface area contributed by atoms with Gasteiger partial charge in [-0.15, -0.1) is 5.10 Å². The zero-order chi connectivity index (χ0) is 24.2. The van der Waals surface area contributed by atoms with Crippen LogP contribution >= 0.6 is 0 Å². The highest BCUT2D eigenvalue weighted by molar-refractivity contribution is 5.89. The van der Waals surface area contributed by atoms with E-state index in [-0.39, 0.29) is 17.7 Å². The van der Waals surface area contributed by atoms with Gasteiger partial charge < -0.3 is 19.2 Å². The zero-order valence-corrected chi connectivity index (χ0v) is 19.5. The highest BCUT2D eigenvalue weighted by Gasteiger charge is 2.29. The van der Waals surface area contributed by atoms with Crippen LogP contribution < -0.4 is 10.1 Å². The molecule has 0 spiro atoms. The zero-order valence-electron chi connectivity index (χ0n) is 19.5. The molecule has 33 heavy (non-hydrogen) atoms. The normalized spacial score (nSPS) is 12.4. The first-order valence-electron chi connectivity index (χ1n) is 10.8. The number of anilines is 1. The fourth-order valence-corrected chi connectivity index (χ4v) is 3.27. The molecule has 0 bridgehead atoms. The van der Waals surface area contributed by atoms with Crippen LogP contribution in [0, 0.1) is 6.92 Å². The Balaban J connectivity index is 1.93. The summed E-state index contributed by atoms with van der Waals surface area (Å²) in [5.74, 6) is 0.395. The number of alkyl halides is 3. The van der Waals surface area contributed by atoms with Crippen LogP contribution in [0.1, 0.15) is 45.2 Å². The monoisotopic (exact) mass is 466 g/mol. The standard InChI is InChI=1S/C23H29F3N4O3/c1-6-8-31-9-7-27-21-30-29-20(33-21)18-10-14(2)16-11-15(32-13-23(24,25)26)12-17(19(16)28-18)22(3,4)5/h10-12H,6-9,13H2,1-5H3,(H,27,30). The van der Waals surface area contributed by atoms with Crippen molar-refractivity contribution in [3.05, 3.63) is 29.3 Å². The smallest absolute Gasteiger partial charge is 0.422 e. The summed E-state index contributed by atoms with van der Waals surface area (Å²) >= 11 is 0. The van der Waals surface area contributed by atoms with E-state index in [1.165, 1.54) is 0 Å². The maximum Gasteiger partial charge on any atom is 0.422 e. The van der Waals surface area contributed by atoms with Crippen molar-refractivity contribution in [2.24, 2.45) is 0 Å². The molecule has 0 unspecified atom stereocenters. The van der Waals surface area contributed by atoms with Crippen LogP contribution in [0.2, 0.25) is 0 Å². The number of ether oxygens (including phenoxy) is 2. The van der Waals surface area contributed by atoms with E-state index in [0.717, 1.165) is 17.5 Å². The predicted octanol–water partition coefficient (Wildman–Crippen LogP) is 5.67. The fraction of sp³-hybridized carbons (Fsp3) is 0.522. The maximum absolute atomic E-state index is 12.7. The Morgan fingerprint density at radius 2 is 1.82 bits per heavy atom. The van der Waals surface area contributed by atoms with E-state index in [2.05, 4.69) is 15.5 Å². The van der Waals surface area contributed by atoms with Crippen molar-refractivity contribution < 1.29 is 27.1 Å². The second-order valence-corrected chi connectivity index (χ2v) is 8.80. The molecule has 3 aromatic rings. The van der Waals surface area contributed by atoms with Crippen LogP contribution in [-0.2, 0) is 10.2 Å². The van der Waals surface area contributed by atoms with E-state index >= 15 is 0 Å². The van der Waals surface area contributed by atoms with Crippen molar-refractivity contribution in [1.29, 1.82) is 0 Å². The quantitative estimate of drug-likeness (QED) is 0.407. The van der Waals surface area contributed by atoms with Gasteiger partial charge in [-0.05, 0) is 48.1 Å². The van der Waals surface area contributed by atoms with Gasteiger partial charge in [-0.2, -0.15) is 13.2 Å². The second kappa shape index (κ2) is 9.94. The average molecular weight is 467 g/mol. The van der Waals surface area contributed by atoms with Crippen molar-refractivity contribution in [2.75, 3.05) is 31.7 Å². The molecule has 0 saturated heterocycles. The molecule has 7 nitrogen and oxygen atoms in total. The van der Waals surface area contributed by atoms with Gasteiger partial charge in [-0.25, -0.2) is 4.98 Å². The van der Waals surface area contributed by atoms with Gasteiger partial charge >= 0.3 is 12.2 Å². The number of aromatic nitrogens is 3. The highest BCUT2D eigenvalue weighted by atomic mass is 19.4. The lowest BCUT2D eigenvalue weighted by atomic mass is 9.84. The predicted molar refractivity (Wildman–Crippen MR) is 120 cm³/mol. The SMILES string of the molecule is CCCOCCNc1nnc(-c2cc(C)c3cc(OCC(F)(F)F)cc(C(C)(C)C)c3n2)o1. The van der Waals surface area contributed by atoms with E-state index in [4.69, 9.17) is 18.9 Å². The lowest BCUT2D eigenvalue weighted by molar-refractivity contribution is -0.153. The van der Waals surface area contributed by atoms with E-state index in [1.807, 2.05) is 34.6 Å². The van der Waals surface area contributed by atoms with Crippen LogP contribution in [0.15, 0.2) is 22.6 Å². The molecule has 10 heteroatoms.